The fraction of sp³-hybridized carbons (Fsp3) is 0.462. The Morgan fingerprint density at radius 1 is 1.30 bits per heavy atom. The molecule has 2 fully saturated rings. The molecule has 2 aliphatic heterocycles. The van der Waals surface area contributed by atoms with Crippen molar-refractivity contribution in [2.75, 3.05) is 5.75 Å². The molecule has 1 aromatic rings. The van der Waals surface area contributed by atoms with Gasteiger partial charge in [0.1, 0.15) is 22.9 Å². The quantitative estimate of drug-likeness (QED) is 0.812. The smallest absolute Gasteiger partial charge is 0.114 e. The molecular formula is C13H13NO4S2. The molecule has 20 heavy (non-hydrogen) atoms. The molecule has 106 valence electrons. The van der Waals surface area contributed by atoms with Gasteiger partial charge in [-0.05, 0) is 24.3 Å². The van der Waals surface area contributed by atoms with Gasteiger partial charge in [0.05, 0.1) is 28.5 Å². The number of thioether (sulfide) groups is 1. The van der Waals surface area contributed by atoms with E-state index in [1.807, 2.05) is 6.07 Å². The van der Waals surface area contributed by atoms with Gasteiger partial charge in [-0.25, -0.2) is 0 Å². The van der Waals surface area contributed by atoms with Gasteiger partial charge in [-0.3, -0.25) is 4.21 Å². The Bertz CT molecular complexity index is 571. The third kappa shape index (κ3) is 2.28. The zero-order valence-corrected chi connectivity index (χ0v) is 12.0. The number of aliphatic hydroxyl groups excluding tert-OH is 2. The lowest BCUT2D eigenvalue weighted by atomic mass is 10.1. The highest BCUT2D eigenvalue weighted by molar-refractivity contribution is 8.11. The number of rotatable bonds is 2. The summed E-state index contributed by atoms with van der Waals surface area (Å²) in [5.41, 5.74) is 0.509. The van der Waals surface area contributed by atoms with E-state index in [0.29, 0.717) is 16.2 Å². The fourth-order valence-corrected chi connectivity index (χ4v) is 5.68. The second-order valence-corrected chi connectivity index (χ2v) is 7.80. The van der Waals surface area contributed by atoms with Crippen LogP contribution in [-0.2, 0) is 15.5 Å². The molecule has 2 saturated heterocycles. The van der Waals surface area contributed by atoms with Crippen LogP contribution in [0.1, 0.15) is 5.56 Å². The second-order valence-electron chi connectivity index (χ2n) is 4.76. The summed E-state index contributed by atoms with van der Waals surface area (Å²) in [4.78, 5) is 0.595. The minimum absolute atomic E-state index is 0.380. The summed E-state index contributed by atoms with van der Waals surface area (Å²) >= 11 is 1.45. The first-order valence-corrected chi connectivity index (χ1v) is 8.42. The topological polar surface area (TPSA) is 90.6 Å². The normalized spacial score (nSPS) is 37.4. The Labute approximate surface area is 123 Å². The minimum Gasteiger partial charge on any atom is -0.388 e. The first kappa shape index (κ1) is 14.0. The van der Waals surface area contributed by atoms with Crippen molar-refractivity contribution in [3.8, 4) is 6.07 Å². The summed E-state index contributed by atoms with van der Waals surface area (Å²) in [6.45, 7) is 0. The number of ether oxygens (including phenoxy) is 1. The van der Waals surface area contributed by atoms with Gasteiger partial charge in [-0.15, -0.1) is 11.8 Å². The van der Waals surface area contributed by atoms with Crippen LogP contribution in [0.15, 0.2) is 29.2 Å². The number of nitrogens with zero attached hydrogens (tertiary/aromatic N) is 1. The van der Waals surface area contributed by atoms with Crippen molar-refractivity contribution in [1.82, 2.24) is 0 Å². The molecule has 0 radical (unpaired) electrons. The molecule has 0 amide bonds. The van der Waals surface area contributed by atoms with E-state index >= 15 is 0 Å². The van der Waals surface area contributed by atoms with Gasteiger partial charge in [0, 0.05) is 10.6 Å². The Hall–Kier alpha value is -0.910. The zero-order chi connectivity index (χ0) is 14.3. The first-order valence-electron chi connectivity index (χ1n) is 6.16. The summed E-state index contributed by atoms with van der Waals surface area (Å²) < 4.78 is 17.7. The second kappa shape index (κ2) is 5.47. The summed E-state index contributed by atoms with van der Waals surface area (Å²) in [7, 11) is -1.36. The van der Waals surface area contributed by atoms with Crippen LogP contribution in [0.3, 0.4) is 0 Å². The summed E-state index contributed by atoms with van der Waals surface area (Å²) in [5.74, 6) is 0.515. The van der Waals surface area contributed by atoms with Gasteiger partial charge in [0.25, 0.3) is 0 Å². The summed E-state index contributed by atoms with van der Waals surface area (Å²) in [5, 5.41) is 28.5. The molecule has 2 N–H and O–H groups in total. The van der Waals surface area contributed by atoms with Crippen LogP contribution in [0.25, 0.3) is 0 Å². The van der Waals surface area contributed by atoms with E-state index in [0.717, 1.165) is 0 Å². The minimum atomic E-state index is -1.36. The van der Waals surface area contributed by atoms with Crippen LogP contribution in [-0.4, -0.2) is 49.2 Å². The third-order valence-electron chi connectivity index (χ3n) is 3.52. The third-order valence-corrected chi connectivity index (χ3v) is 7.00. The van der Waals surface area contributed by atoms with E-state index in [-0.39, 0.29) is 6.10 Å². The maximum Gasteiger partial charge on any atom is 0.114 e. The summed E-state index contributed by atoms with van der Waals surface area (Å²) in [6.07, 6.45) is -2.91. The monoisotopic (exact) mass is 311 g/mol. The van der Waals surface area contributed by atoms with Crippen LogP contribution in [0, 0.1) is 11.3 Å². The molecule has 0 aromatic heterocycles. The van der Waals surface area contributed by atoms with Crippen LogP contribution in [0.5, 0.6) is 0 Å². The van der Waals surface area contributed by atoms with Crippen LogP contribution < -0.4 is 0 Å². The highest BCUT2D eigenvalue weighted by Crippen LogP contribution is 2.40. The molecule has 5 nitrogen and oxygen atoms in total. The van der Waals surface area contributed by atoms with Gasteiger partial charge in [-0.2, -0.15) is 5.26 Å². The average Bonchev–Trinajstić information content (AvgIpc) is 2.72. The van der Waals surface area contributed by atoms with E-state index in [2.05, 4.69) is 0 Å². The van der Waals surface area contributed by atoms with Crippen molar-refractivity contribution in [2.45, 2.75) is 33.9 Å². The molecular weight excluding hydrogens is 298 g/mol. The lowest BCUT2D eigenvalue weighted by Crippen LogP contribution is -2.39. The van der Waals surface area contributed by atoms with Crippen molar-refractivity contribution in [1.29, 1.82) is 5.26 Å². The fourth-order valence-electron chi connectivity index (χ4n) is 2.41. The largest absolute Gasteiger partial charge is 0.388 e. The van der Waals surface area contributed by atoms with Gasteiger partial charge >= 0.3 is 0 Å². The molecule has 2 bridgehead atoms. The van der Waals surface area contributed by atoms with Crippen LogP contribution in [0.4, 0.5) is 0 Å². The van der Waals surface area contributed by atoms with Crippen LogP contribution in [0.2, 0.25) is 0 Å². The van der Waals surface area contributed by atoms with Crippen molar-refractivity contribution in [2.24, 2.45) is 0 Å². The summed E-state index contributed by atoms with van der Waals surface area (Å²) in [6, 6.07) is 8.54. The van der Waals surface area contributed by atoms with Gasteiger partial charge in [0.2, 0.25) is 0 Å². The molecule has 0 spiro atoms. The van der Waals surface area contributed by atoms with E-state index in [4.69, 9.17) is 10.00 Å². The van der Waals surface area contributed by atoms with Gasteiger partial charge in [-0.1, -0.05) is 0 Å². The van der Waals surface area contributed by atoms with Gasteiger partial charge in [0.15, 0.2) is 0 Å². The van der Waals surface area contributed by atoms with Crippen molar-refractivity contribution >= 4 is 22.6 Å². The lowest BCUT2D eigenvalue weighted by Gasteiger charge is -2.28. The Kier molecular flexibility index (Phi) is 3.84. The Morgan fingerprint density at radius 2 is 2.00 bits per heavy atom. The SMILES string of the molecule is N#Cc1ccc(S(=O)[C@H]2SC[C@H]3O[C@@H]2[C@@H](O)[C@@H]3O)cc1. The molecule has 1 unspecified atom stereocenters. The number of aliphatic hydroxyl groups is 2. The number of benzene rings is 1. The highest BCUT2D eigenvalue weighted by atomic mass is 32.2. The zero-order valence-electron chi connectivity index (χ0n) is 10.4. The molecule has 6 atom stereocenters. The van der Waals surface area contributed by atoms with Crippen molar-refractivity contribution < 1.29 is 19.2 Å². The van der Waals surface area contributed by atoms with E-state index < -0.39 is 33.7 Å². The lowest BCUT2D eigenvalue weighted by molar-refractivity contribution is 0.0223. The number of nitriles is 1. The van der Waals surface area contributed by atoms with Crippen LogP contribution >= 0.6 is 11.8 Å². The Morgan fingerprint density at radius 3 is 2.65 bits per heavy atom. The number of hydrogen-bond donors (Lipinski definition) is 2. The standard InChI is InChI=1S/C13H13NO4S2/c14-5-7-1-3-8(4-2-7)20(17)13-12-11(16)10(15)9(18-12)6-19-13/h1-4,9-13,15-16H,6H2/t9-,10-,11+,12-,13-,20?/m1/s1. The Balaban J connectivity index is 1.82. The van der Waals surface area contributed by atoms with Gasteiger partial charge < -0.3 is 14.9 Å². The molecule has 0 aliphatic carbocycles. The molecule has 2 heterocycles. The first-order chi connectivity index (χ1) is 9.61. The van der Waals surface area contributed by atoms with E-state index in [9.17, 15) is 14.4 Å². The van der Waals surface area contributed by atoms with Crippen molar-refractivity contribution in [3.63, 3.8) is 0 Å². The molecule has 3 rings (SSSR count). The number of hydrogen-bond acceptors (Lipinski definition) is 6. The van der Waals surface area contributed by atoms with Crippen molar-refractivity contribution in [3.05, 3.63) is 29.8 Å². The average molecular weight is 311 g/mol. The van der Waals surface area contributed by atoms with E-state index in [1.165, 1.54) is 11.8 Å². The number of fused-ring (bicyclic) bond motifs is 2. The molecule has 2 aliphatic rings. The predicted molar refractivity (Wildman–Crippen MR) is 74.5 cm³/mol. The van der Waals surface area contributed by atoms with E-state index in [1.54, 1.807) is 24.3 Å². The highest BCUT2D eigenvalue weighted by Gasteiger charge is 2.52. The molecule has 0 saturated carbocycles. The maximum absolute atomic E-state index is 12.6. The molecule has 1 aromatic carbocycles. The predicted octanol–water partition coefficient (Wildman–Crippen LogP) is 0.228. The molecule has 7 heteroatoms. The maximum atomic E-state index is 12.6.